The molecule has 2 aromatic carbocycles. The number of nitrogens with zero attached hydrogens (tertiary/aromatic N) is 2. The SMILES string of the molecule is CCn1c(=NC(=O)CCCS(=O)(=O)c2ccc(C)cc2)sc2cc3c(cc21)OCO3. The van der Waals surface area contributed by atoms with Crippen LogP contribution in [0.15, 0.2) is 46.3 Å². The summed E-state index contributed by atoms with van der Waals surface area (Å²) in [5.41, 5.74) is 1.93. The molecule has 30 heavy (non-hydrogen) atoms. The first-order valence-corrected chi connectivity index (χ1v) is 12.1. The predicted molar refractivity (Wildman–Crippen MR) is 115 cm³/mol. The molecule has 2 heterocycles. The van der Waals surface area contributed by atoms with Gasteiger partial charge in [-0.05, 0) is 32.4 Å². The van der Waals surface area contributed by atoms with E-state index in [1.54, 1.807) is 24.3 Å². The summed E-state index contributed by atoms with van der Waals surface area (Å²) in [5, 5.41) is 0. The van der Waals surface area contributed by atoms with Gasteiger partial charge in [-0.25, -0.2) is 8.42 Å². The van der Waals surface area contributed by atoms with Crippen molar-refractivity contribution >= 4 is 37.3 Å². The molecule has 7 nitrogen and oxygen atoms in total. The van der Waals surface area contributed by atoms with Crippen molar-refractivity contribution in [2.45, 2.75) is 38.1 Å². The standard InChI is InChI=1S/C21H22N2O5S2/c1-3-23-16-11-17-18(28-13-27-17)12-19(16)29-21(23)22-20(24)5-4-10-30(25,26)15-8-6-14(2)7-9-15/h6-9,11-12H,3-5,10,13H2,1-2H3. The van der Waals surface area contributed by atoms with Crippen molar-refractivity contribution in [3.8, 4) is 11.5 Å². The molecule has 1 aliphatic heterocycles. The second-order valence-electron chi connectivity index (χ2n) is 7.04. The van der Waals surface area contributed by atoms with Crippen molar-refractivity contribution in [3.05, 3.63) is 46.8 Å². The molecule has 4 rings (SSSR count). The summed E-state index contributed by atoms with van der Waals surface area (Å²) in [5.74, 6) is 0.953. The molecule has 0 spiro atoms. The van der Waals surface area contributed by atoms with Gasteiger partial charge in [-0.3, -0.25) is 4.79 Å². The second kappa shape index (κ2) is 8.23. The molecule has 3 aromatic rings. The van der Waals surface area contributed by atoms with Gasteiger partial charge in [0.1, 0.15) is 0 Å². The van der Waals surface area contributed by atoms with Crippen LogP contribution in [0, 0.1) is 6.92 Å². The number of hydrogen-bond donors (Lipinski definition) is 0. The van der Waals surface area contributed by atoms with Crippen molar-refractivity contribution in [2.24, 2.45) is 4.99 Å². The van der Waals surface area contributed by atoms with Crippen LogP contribution in [0.3, 0.4) is 0 Å². The molecule has 9 heteroatoms. The molecule has 0 bridgehead atoms. The minimum atomic E-state index is -3.41. The van der Waals surface area contributed by atoms with Gasteiger partial charge in [0.15, 0.2) is 26.1 Å². The van der Waals surface area contributed by atoms with E-state index in [2.05, 4.69) is 4.99 Å². The fourth-order valence-electron chi connectivity index (χ4n) is 3.29. The van der Waals surface area contributed by atoms with E-state index in [0.29, 0.717) is 22.8 Å². The van der Waals surface area contributed by atoms with Crippen molar-refractivity contribution in [3.63, 3.8) is 0 Å². The molecule has 0 atom stereocenters. The molecule has 0 saturated heterocycles. The molecule has 158 valence electrons. The Morgan fingerprint density at radius 1 is 1.17 bits per heavy atom. The quantitative estimate of drug-likeness (QED) is 0.579. The van der Waals surface area contributed by atoms with Gasteiger partial charge in [-0.15, -0.1) is 0 Å². The number of aromatic nitrogens is 1. The van der Waals surface area contributed by atoms with E-state index in [4.69, 9.17) is 9.47 Å². The smallest absolute Gasteiger partial charge is 0.248 e. The zero-order valence-electron chi connectivity index (χ0n) is 16.8. The predicted octanol–water partition coefficient (Wildman–Crippen LogP) is 3.44. The zero-order chi connectivity index (χ0) is 21.3. The fourth-order valence-corrected chi connectivity index (χ4v) is 5.72. The number of sulfone groups is 1. The van der Waals surface area contributed by atoms with E-state index in [9.17, 15) is 13.2 Å². The Morgan fingerprint density at radius 3 is 2.57 bits per heavy atom. The molecule has 0 radical (unpaired) electrons. The average Bonchev–Trinajstić information content (AvgIpc) is 3.29. The van der Waals surface area contributed by atoms with Crippen LogP contribution in [0.4, 0.5) is 0 Å². The van der Waals surface area contributed by atoms with Crippen LogP contribution in [0.5, 0.6) is 11.5 Å². The summed E-state index contributed by atoms with van der Waals surface area (Å²) in [6.45, 7) is 4.74. The normalized spacial score (nSPS) is 13.9. The highest BCUT2D eigenvalue weighted by Gasteiger charge is 2.18. The summed E-state index contributed by atoms with van der Waals surface area (Å²) in [7, 11) is -3.41. The highest BCUT2D eigenvalue weighted by Crippen LogP contribution is 2.36. The van der Waals surface area contributed by atoms with E-state index >= 15 is 0 Å². The number of fused-ring (bicyclic) bond motifs is 2. The molecule has 1 aliphatic rings. The van der Waals surface area contributed by atoms with Gasteiger partial charge in [-0.1, -0.05) is 29.0 Å². The number of benzene rings is 2. The Balaban J connectivity index is 1.49. The first-order valence-electron chi connectivity index (χ1n) is 9.67. The lowest BCUT2D eigenvalue weighted by Crippen LogP contribution is -2.16. The summed E-state index contributed by atoms with van der Waals surface area (Å²) in [4.78, 5) is 17.5. The van der Waals surface area contributed by atoms with Gasteiger partial charge >= 0.3 is 0 Å². The number of carbonyl (C=O) groups excluding carboxylic acids is 1. The maximum Gasteiger partial charge on any atom is 0.248 e. The number of thiazole rings is 1. The monoisotopic (exact) mass is 446 g/mol. The van der Waals surface area contributed by atoms with Gasteiger partial charge in [0.25, 0.3) is 0 Å². The van der Waals surface area contributed by atoms with Gasteiger partial charge in [0.05, 0.1) is 20.9 Å². The number of carbonyl (C=O) groups is 1. The molecule has 1 amide bonds. The van der Waals surface area contributed by atoms with Crippen LogP contribution >= 0.6 is 11.3 Å². The molecule has 0 fully saturated rings. The third-order valence-electron chi connectivity index (χ3n) is 4.90. The number of hydrogen-bond acceptors (Lipinski definition) is 6. The fraction of sp³-hybridized carbons (Fsp3) is 0.333. The summed E-state index contributed by atoms with van der Waals surface area (Å²) < 4.78 is 38.6. The van der Waals surface area contributed by atoms with E-state index in [1.165, 1.54) is 11.3 Å². The maximum atomic E-state index is 12.4. The van der Waals surface area contributed by atoms with Gasteiger partial charge in [0.2, 0.25) is 12.7 Å². The van der Waals surface area contributed by atoms with Crippen LogP contribution in [-0.4, -0.2) is 31.4 Å². The van der Waals surface area contributed by atoms with Gasteiger partial charge in [0, 0.05) is 25.1 Å². The highest BCUT2D eigenvalue weighted by molar-refractivity contribution is 7.91. The summed E-state index contributed by atoms with van der Waals surface area (Å²) in [6, 6.07) is 10.5. The summed E-state index contributed by atoms with van der Waals surface area (Å²) >= 11 is 1.40. The number of amides is 1. The Labute approximate surface area is 178 Å². The van der Waals surface area contributed by atoms with Crippen LogP contribution in [0.2, 0.25) is 0 Å². The van der Waals surface area contributed by atoms with E-state index in [0.717, 1.165) is 15.8 Å². The molecule has 0 unspecified atom stereocenters. The Kier molecular flexibility index (Phi) is 5.66. The molecule has 0 N–H and O–H groups in total. The lowest BCUT2D eigenvalue weighted by Gasteiger charge is -2.04. The Bertz CT molecular complexity index is 1270. The Morgan fingerprint density at radius 2 is 1.87 bits per heavy atom. The highest BCUT2D eigenvalue weighted by atomic mass is 32.2. The maximum absolute atomic E-state index is 12.4. The van der Waals surface area contributed by atoms with Gasteiger partial charge in [-0.2, -0.15) is 4.99 Å². The van der Waals surface area contributed by atoms with Crippen molar-refractivity contribution in [1.29, 1.82) is 0 Å². The lowest BCUT2D eigenvalue weighted by molar-refractivity contribution is -0.118. The van der Waals surface area contributed by atoms with Crippen LogP contribution in [0.25, 0.3) is 10.2 Å². The van der Waals surface area contributed by atoms with E-state index < -0.39 is 9.84 Å². The minimum absolute atomic E-state index is 0.0752. The average molecular weight is 447 g/mol. The summed E-state index contributed by atoms with van der Waals surface area (Å²) in [6.07, 6.45) is 0.303. The van der Waals surface area contributed by atoms with Crippen molar-refractivity contribution in [2.75, 3.05) is 12.5 Å². The molecule has 1 aromatic heterocycles. The van der Waals surface area contributed by atoms with Gasteiger partial charge < -0.3 is 14.0 Å². The zero-order valence-corrected chi connectivity index (χ0v) is 18.4. The molecule has 0 aliphatic carbocycles. The Hall–Kier alpha value is -2.65. The second-order valence-corrected chi connectivity index (χ2v) is 10.2. The topological polar surface area (TPSA) is 87.0 Å². The van der Waals surface area contributed by atoms with Crippen LogP contribution < -0.4 is 14.3 Å². The van der Waals surface area contributed by atoms with E-state index in [1.807, 2.05) is 30.5 Å². The van der Waals surface area contributed by atoms with Crippen molar-refractivity contribution in [1.82, 2.24) is 4.57 Å². The largest absolute Gasteiger partial charge is 0.454 e. The molecular weight excluding hydrogens is 424 g/mol. The van der Waals surface area contributed by atoms with Crippen LogP contribution in [-0.2, 0) is 21.2 Å². The number of ether oxygens (including phenoxy) is 2. The lowest BCUT2D eigenvalue weighted by atomic mass is 10.2. The van der Waals surface area contributed by atoms with E-state index in [-0.39, 0.29) is 36.2 Å². The molecule has 0 saturated carbocycles. The van der Waals surface area contributed by atoms with Crippen molar-refractivity contribution < 1.29 is 22.7 Å². The van der Waals surface area contributed by atoms with Crippen LogP contribution in [0.1, 0.15) is 25.3 Å². The first-order chi connectivity index (χ1) is 14.4. The number of aryl methyl sites for hydroxylation is 2. The third kappa shape index (κ3) is 4.13. The molecular formula is C21H22N2O5S2. The first kappa shape index (κ1) is 20.6. The number of rotatable bonds is 6. The third-order valence-corrected chi connectivity index (χ3v) is 7.76. The minimum Gasteiger partial charge on any atom is -0.454 e.